The van der Waals surface area contributed by atoms with Crippen LogP contribution in [0, 0.1) is 0 Å². The maximum Gasteiger partial charge on any atom is 0.299 e. The molecule has 0 unspecified atom stereocenters. The molecule has 0 fully saturated rings. The van der Waals surface area contributed by atoms with Crippen LogP contribution in [0.3, 0.4) is 0 Å². The Balaban J connectivity index is 2.18. The Morgan fingerprint density at radius 3 is 2.55 bits per heavy atom. The van der Waals surface area contributed by atoms with Gasteiger partial charge in [0.05, 0.1) is 16.8 Å². The van der Waals surface area contributed by atoms with Crippen LogP contribution in [-0.2, 0) is 10.0 Å². The van der Waals surface area contributed by atoms with Crippen LogP contribution in [0.15, 0.2) is 79.6 Å². The van der Waals surface area contributed by atoms with Gasteiger partial charge in [-0.25, -0.2) is 5.06 Å². The van der Waals surface area contributed by atoms with Crippen molar-refractivity contribution in [1.29, 1.82) is 0 Å². The number of sulfonamides is 1. The summed E-state index contributed by atoms with van der Waals surface area (Å²) < 4.78 is 27.8. The average Bonchev–Trinajstić information content (AvgIpc) is 2.41. The third-order valence-corrected chi connectivity index (χ3v) is 4.03. The average molecular weight is 356 g/mol. The minimum absolute atomic E-state index is 0.0442. The van der Waals surface area contributed by atoms with Gasteiger partial charge in [0.1, 0.15) is 0 Å². The molecule has 0 saturated heterocycles. The van der Waals surface area contributed by atoms with Gasteiger partial charge in [-0.1, -0.05) is 26.5 Å². The molecule has 104 valence electrons. The molecule has 0 radical (unpaired) electrons. The second-order valence-corrected chi connectivity index (χ2v) is 6.23. The lowest BCUT2D eigenvalue weighted by Gasteiger charge is -2.13. The van der Waals surface area contributed by atoms with E-state index in [4.69, 9.17) is 0 Å². The molecule has 0 aromatic heterocycles. The number of nitrogens with zero attached hydrogens (tertiary/aromatic N) is 3. The summed E-state index contributed by atoms with van der Waals surface area (Å²) in [5, 5.41) is 13.7. The maximum absolute atomic E-state index is 11.9. The number of hydrogen-bond donors (Lipinski definition) is 1. The van der Waals surface area contributed by atoms with Crippen molar-refractivity contribution < 1.29 is 13.6 Å². The van der Waals surface area contributed by atoms with E-state index in [1.807, 2.05) is 0 Å². The van der Waals surface area contributed by atoms with Crippen LogP contribution < -0.4 is 0 Å². The fourth-order valence-corrected chi connectivity index (χ4v) is 2.36. The van der Waals surface area contributed by atoms with E-state index in [1.54, 1.807) is 30.4 Å². The van der Waals surface area contributed by atoms with Crippen LogP contribution >= 0.6 is 15.9 Å². The SMILES string of the molecule is O=S(=O)(N=N/C=C1\C=CC=CN1O)c1ccc(Br)cc1. The molecule has 0 saturated carbocycles. The monoisotopic (exact) mass is 355 g/mol. The summed E-state index contributed by atoms with van der Waals surface area (Å²) in [5.41, 5.74) is 0.308. The van der Waals surface area contributed by atoms with Crippen molar-refractivity contribution in [2.45, 2.75) is 4.90 Å². The lowest BCUT2D eigenvalue weighted by Crippen LogP contribution is -2.10. The predicted molar refractivity (Wildman–Crippen MR) is 76.2 cm³/mol. The van der Waals surface area contributed by atoms with Gasteiger partial charge < -0.3 is 0 Å². The second kappa shape index (κ2) is 6.12. The van der Waals surface area contributed by atoms with E-state index >= 15 is 0 Å². The van der Waals surface area contributed by atoms with Crippen molar-refractivity contribution in [3.63, 3.8) is 0 Å². The van der Waals surface area contributed by atoms with E-state index in [9.17, 15) is 13.6 Å². The summed E-state index contributed by atoms with van der Waals surface area (Å²) in [6.07, 6.45) is 7.40. The standard InChI is InChI=1S/C12H10BrN3O3S/c13-10-4-6-12(7-5-10)20(18,19)15-14-9-11-3-1-2-8-16(11)17/h1-9,17H/b11-9+,15-14?. The highest BCUT2D eigenvalue weighted by atomic mass is 79.9. The summed E-state index contributed by atoms with van der Waals surface area (Å²) in [7, 11) is -3.84. The molecule has 8 heteroatoms. The number of halogens is 1. The van der Waals surface area contributed by atoms with Crippen molar-refractivity contribution in [2.75, 3.05) is 0 Å². The lowest BCUT2D eigenvalue weighted by molar-refractivity contribution is -0.000512. The highest BCUT2D eigenvalue weighted by Gasteiger charge is 2.12. The van der Waals surface area contributed by atoms with Gasteiger partial charge in [-0.15, -0.1) is 5.11 Å². The van der Waals surface area contributed by atoms with Crippen molar-refractivity contribution in [3.05, 3.63) is 65.1 Å². The summed E-state index contributed by atoms with van der Waals surface area (Å²) in [5.74, 6) is 0. The van der Waals surface area contributed by atoms with Gasteiger partial charge in [0.25, 0.3) is 10.0 Å². The van der Waals surface area contributed by atoms with Crippen LogP contribution in [0.2, 0.25) is 0 Å². The molecule has 0 spiro atoms. The fourth-order valence-electron chi connectivity index (χ4n) is 1.35. The largest absolute Gasteiger partial charge is 0.299 e. The molecule has 1 aliphatic rings. The first-order chi connectivity index (χ1) is 9.49. The molecule has 0 amide bonds. The third kappa shape index (κ3) is 3.62. The first kappa shape index (κ1) is 14.6. The quantitative estimate of drug-likeness (QED) is 0.843. The Labute approximate surface area is 124 Å². The van der Waals surface area contributed by atoms with E-state index in [0.29, 0.717) is 5.70 Å². The van der Waals surface area contributed by atoms with Gasteiger partial charge in [-0.05, 0) is 36.4 Å². The molecule has 6 nitrogen and oxygen atoms in total. The lowest BCUT2D eigenvalue weighted by atomic mass is 10.3. The van der Waals surface area contributed by atoms with Gasteiger partial charge in [0, 0.05) is 10.7 Å². The first-order valence-corrected chi connectivity index (χ1v) is 7.68. The Morgan fingerprint density at radius 2 is 1.90 bits per heavy atom. The van der Waals surface area contributed by atoms with Crippen molar-refractivity contribution in [3.8, 4) is 0 Å². The van der Waals surface area contributed by atoms with Crippen molar-refractivity contribution in [2.24, 2.45) is 9.63 Å². The smallest absolute Gasteiger partial charge is 0.284 e. The molecule has 1 aromatic rings. The molecule has 2 rings (SSSR count). The molecule has 0 aliphatic carbocycles. The molecule has 0 bridgehead atoms. The molecule has 1 aromatic carbocycles. The van der Waals surface area contributed by atoms with Crippen LogP contribution in [0.1, 0.15) is 0 Å². The summed E-state index contributed by atoms with van der Waals surface area (Å²) in [4.78, 5) is 0.0442. The Hall–Kier alpha value is -1.77. The van der Waals surface area contributed by atoms with E-state index in [-0.39, 0.29) is 4.90 Å². The Morgan fingerprint density at radius 1 is 1.20 bits per heavy atom. The number of benzene rings is 1. The van der Waals surface area contributed by atoms with Crippen LogP contribution in [-0.4, -0.2) is 18.7 Å². The predicted octanol–water partition coefficient (Wildman–Crippen LogP) is 3.21. The minimum atomic E-state index is -3.84. The van der Waals surface area contributed by atoms with Crippen LogP contribution in [0.25, 0.3) is 0 Å². The van der Waals surface area contributed by atoms with Gasteiger partial charge >= 0.3 is 0 Å². The summed E-state index contributed by atoms with van der Waals surface area (Å²) in [6, 6.07) is 6.05. The molecular weight excluding hydrogens is 346 g/mol. The van der Waals surface area contributed by atoms with Gasteiger partial charge in [0.15, 0.2) is 0 Å². The maximum atomic E-state index is 11.9. The van der Waals surface area contributed by atoms with Gasteiger partial charge in [-0.3, -0.25) is 5.21 Å². The third-order valence-electron chi connectivity index (χ3n) is 2.33. The van der Waals surface area contributed by atoms with E-state index in [0.717, 1.165) is 15.7 Å². The Bertz CT molecular complexity index is 706. The van der Waals surface area contributed by atoms with Crippen LogP contribution in [0.5, 0.6) is 0 Å². The van der Waals surface area contributed by atoms with Crippen LogP contribution in [0.4, 0.5) is 0 Å². The number of hydrogen-bond acceptors (Lipinski definition) is 5. The van der Waals surface area contributed by atoms with Crippen molar-refractivity contribution in [1.82, 2.24) is 5.06 Å². The Kier molecular flexibility index (Phi) is 4.48. The zero-order valence-corrected chi connectivity index (χ0v) is 12.5. The van der Waals surface area contributed by atoms with Crippen molar-refractivity contribution >= 4 is 26.0 Å². The molecule has 20 heavy (non-hydrogen) atoms. The van der Waals surface area contributed by atoms with E-state index < -0.39 is 10.0 Å². The molecule has 1 heterocycles. The number of rotatable bonds is 3. The highest BCUT2D eigenvalue weighted by Crippen LogP contribution is 2.17. The zero-order valence-electron chi connectivity index (χ0n) is 10.1. The topological polar surface area (TPSA) is 82.3 Å². The minimum Gasteiger partial charge on any atom is -0.284 e. The number of allylic oxidation sites excluding steroid dienone is 3. The summed E-state index contributed by atoms with van der Waals surface area (Å²) >= 11 is 3.22. The normalized spacial score (nSPS) is 17.3. The van der Waals surface area contributed by atoms with Gasteiger partial charge in [-0.2, -0.15) is 8.42 Å². The van der Waals surface area contributed by atoms with E-state index in [2.05, 4.69) is 25.6 Å². The first-order valence-electron chi connectivity index (χ1n) is 5.45. The summed E-state index contributed by atoms with van der Waals surface area (Å²) in [6.45, 7) is 0. The second-order valence-electron chi connectivity index (χ2n) is 3.73. The fraction of sp³-hybridized carbons (Fsp3) is 0. The molecular formula is C12H10BrN3O3S. The molecule has 1 N–H and O–H groups in total. The van der Waals surface area contributed by atoms with E-state index in [1.165, 1.54) is 18.3 Å². The van der Waals surface area contributed by atoms with Gasteiger partial charge in [0.2, 0.25) is 0 Å². The molecule has 0 atom stereocenters. The highest BCUT2D eigenvalue weighted by molar-refractivity contribution is 9.10. The molecule has 1 aliphatic heterocycles. The number of hydroxylamine groups is 2. The zero-order chi connectivity index (χ0) is 14.6.